The Morgan fingerprint density at radius 3 is 2.81 bits per heavy atom. The van der Waals surface area contributed by atoms with Gasteiger partial charge in [-0.25, -0.2) is 8.78 Å². The SMILES string of the molecule is CC[C@@H](C)n1cc(Cl)c(COCC(F)F)n1. The van der Waals surface area contributed by atoms with Crippen LogP contribution in [0.15, 0.2) is 6.20 Å². The van der Waals surface area contributed by atoms with Gasteiger partial charge in [0.05, 0.1) is 11.6 Å². The smallest absolute Gasteiger partial charge is 0.261 e. The lowest BCUT2D eigenvalue weighted by Crippen LogP contribution is -2.07. The number of rotatable bonds is 6. The first-order chi connectivity index (χ1) is 7.54. The van der Waals surface area contributed by atoms with Gasteiger partial charge in [-0.05, 0) is 13.3 Å². The van der Waals surface area contributed by atoms with Gasteiger partial charge in [-0.2, -0.15) is 5.10 Å². The zero-order valence-corrected chi connectivity index (χ0v) is 10.0. The highest BCUT2D eigenvalue weighted by molar-refractivity contribution is 6.31. The Morgan fingerprint density at radius 1 is 1.56 bits per heavy atom. The van der Waals surface area contributed by atoms with Crippen molar-refractivity contribution in [2.75, 3.05) is 6.61 Å². The van der Waals surface area contributed by atoms with Gasteiger partial charge in [-0.1, -0.05) is 18.5 Å². The van der Waals surface area contributed by atoms with Crippen molar-refractivity contribution in [1.82, 2.24) is 9.78 Å². The largest absolute Gasteiger partial charge is 0.369 e. The van der Waals surface area contributed by atoms with Crippen molar-refractivity contribution in [2.45, 2.75) is 39.3 Å². The van der Waals surface area contributed by atoms with Crippen molar-refractivity contribution in [3.63, 3.8) is 0 Å². The molecule has 6 heteroatoms. The first-order valence-corrected chi connectivity index (χ1v) is 5.51. The van der Waals surface area contributed by atoms with E-state index in [0.717, 1.165) is 6.42 Å². The summed E-state index contributed by atoms with van der Waals surface area (Å²) in [6, 6.07) is 0.237. The summed E-state index contributed by atoms with van der Waals surface area (Å²) in [6.45, 7) is 3.47. The Morgan fingerprint density at radius 2 is 2.25 bits per heavy atom. The summed E-state index contributed by atoms with van der Waals surface area (Å²) in [5.41, 5.74) is 0.502. The standard InChI is InChI=1S/C10H15ClF2N2O/c1-3-7(2)15-4-8(11)9(14-15)5-16-6-10(12)13/h4,7,10H,3,5-6H2,1-2H3/t7-/m1/s1. The second kappa shape index (κ2) is 6.15. The minimum Gasteiger partial charge on any atom is -0.369 e. The minimum absolute atomic E-state index is 0.0204. The van der Waals surface area contributed by atoms with Gasteiger partial charge in [0.25, 0.3) is 6.43 Å². The van der Waals surface area contributed by atoms with Crippen LogP contribution in [0.3, 0.4) is 0 Å². The van der Waals surface area contributed by atoms with E-state index < -0.39 is 13.0 Å². The van der Waals surface area contributed by atoms with E-state index in [1.54, 1.807) is 10.9 Å². The molecule has 1 heterocycles. The summed E-state index contributed by atoms with van der Waals surface area (Å²) in [6.07, 6.45) is 0.155. The third kappa shape index (κ3) is 3.72. The number of halogens is 3. The lowest BCUT2D eigenvalue weighted by molar-refractivity contribution is 0.00866. The zero-order chi connectivity index (χ0) is 12.1. The highest BCUT2D eigenvalue weighted by atomic mass is 35.5. The monoisotopic (exact) mass is 252 g/mol. The Hall–Kier alpha value is -0.680. The number of ether oxygens (including phenoxy) is 1. The maximum absolute atomic E-state index is 11.8. The Bertz CT molecular complexity index is 331. The van der Waals surface area contributed by atoms with E-state index in [0.29, 0.717) is 10.7 Å². The molecule has 0 saturated carbocycles. The summed E-state index contributed by atoms with van der Waals surface area (Å²) < 4.78 is 30.2. The molecule has 0 amide bonds. The van der Waals surface area contributed by atoms with Crippen LogP contribution >= 0.6 is 11.6 Å². The number of nitrogens with zero attached hydrogens (tertiary/aromatic N) is 2. The summed E-state index contributed by atoms with van der Waals surface area (Å²) in [4.78, 5) is 0. The molecule has 0 N–H and O–H groups in total. The van der Waals surface area contributed by atoms with E-state index in [2.05, 4.69) is 5.10 Å². The Balaban J connectivity index is 2.56. The lowest BCUT2D eigenvalue weighted by atomic mass is 10.3. The third-order valence-corrected chi connectivity index (χ3v) is 2.60. The quantitative estimate of drug-likeness (QED) is 0.777. The average molecular weight is 253 g/mol. The second-order valence-electron chi connectivity index (χ2n) is 3.57. The number of aromatic nitrogens is 2. The van der Waals surface area contributed by atoms with Crippen LogP contribution in [0, 0.1) is 0 Å². The molecule has 1 rings (SSSR count). The number of hydrogen-bond acceptors (Lipinski definition) is 2. The topological polar surface area (TPSA) is 27.1 Å². The highest BCUT2D eigenvalue weighted by Crippen LogP contribution is 2.19. The average Bonchev–Trinajstić information content (AvgIpc) is 2.59. The minimum atomic E-state index is -2.46. The van der Waals surface area contributed by atoms with E-state index in [1.165, 1.54) is 0 Å². The van der Waals surface area contributed by atoms with Gasteiger partial charge in [0.15, 0.2) is 0 Å². The molecule has 0 aliphatic carbocycles. The van der Waals surface area contributed by atoms with E-state index >= 15 is 0 Å². The predicted octanol–water partition coefficient (Wildman–Crippen LogP) is 3.29. The van der Waals surface area contributed by atoms with Gasteiger partial charge < -0.3 is 4.74 Å². The van der Waals surface area contributed by atoms with Crippen LogP contribution in [-0.2, 0) is 11.3 Å². The van der Waals surface area contributed by atoms with Crippen molar-refractivity contribution in [1.29, 1.82) is 0 Å². The Kier molecular flexibility index (Phi) is 5.15. The van der Waals surface area contributed by atoms with Gasteiger partial charge in [0, 0.05) is 12.2 Å². The molecule has 0 unspecified atom stereocenters. The maximum atomic E-state index is 11.8. The highest BCUT2D eigenvalue weighted by Gasteiger charge is 2.11. The molecule has 1 aromatic rings. The fourth-order valence-electron chi connectivity index (χ4n) is 1.16. The van der Waals surface area contributed by atoms with Crippen LogP contribution < -0.4 is 0 Å². The van der Waals surface area contributed by atoms with Crippen LogP contribution in [-0.4, -0.2) is 22.8 Å². The number of hydrogen-bond donors (Lipinski definition) is 0. The van der Waals surface area contributed by atoms with E-state index in [1.807, 2.05) is 13.8 Å². The van der Waals surface area contributed by atoms with Crippen molar-refractivity contribution in [3.05, 3.63) is 16.9 Å². The van der Waals surface area contributed by atoms with Crippen molar-refractivity contribution in [3.8, 4) is 0 Å². The molecule has 0 spiro atoms. The normalized spacial score (nSPS) is 13.4. The lowest BCUT2D eigenvalue weighted by Gasteiger charge is -2.07. The van der Waals surface area contributed by atoms with Crippen LogP contribution in [0.2, 0.25) is 5.02 Å². The molecular weight excluding hydrogens is 238 g/mol. The summed E-state index contributed by atoms with van der Waals surface area (Å²) in [5.74, 6) is 0. The predicted molar refractivity (Wildman–Crippen MR) is 57.9 cm³/mol. The molecule has 0 bridgehead atoms. The molecular formula is C10H15ClF2N2O. The first-order valence-electron chi connectivity index (χ1n) is 5.14. The molecule has 0 aliphatic rings. The van der Waals surface area contributed by atoms with Crippen molar-refractivity contribution < 1.29 is 13.5 Å². The molecule has 3 nitrogen and oxygen atoms in total. The summed E-state index contributed by atoms with van der Waals surface area (Å²) >= 11 is 5.91. The molecule has 1 atom stereocenters. The van der Waals surface area contributed by atoms with Gasteiger partial charge in [-0.3, -0.25) is 4.68 Å². The van der Waals surface area contributed by atoms with E-state index in [4.69, 9.17) is 16.3 Å². The molecule has 0 saturated heterocycles. The summed E-state index contributed by atoms with van der Waals surface area (Å²) in [5, 5.41) is 4.65. The fourth-order valence-corrected chi connectivity index (χ4v) is 1.35. The molecule has 0 radical (unpaired) electrons. The molecule has 16 heavy (non-hydrogen) atoms. The van der Waals surface area contributed by atoms with Gasteiger partial charge in [-0.15, -0.1) is 0 Å². The fraction of sp³-hybridized carbons (Fsp3) is 0.700. The molecule has 0 aromatic carbocycles. The first kappa shape index (κ1) is 13.4. The van der Waals surface area contributed by atoms with Crippen molar-refractivity contribution in [2.24, 2.45) is 0 Å². The van der Waals surface area contributed by atoms with Crippen LogP contribution in [0.5, 0.6) is 0 Å². The third-order valence-electron chi connectivity index (χ3n) is 2.28. The summed E-state index contributed by atoms with van der Waals surface area (Å²) in [7, 11) is 0. The maximum Gasteiger partial charge on any atom is 0.261 e. The van der Waals surface area contributed by atoms with Crippen molar-refractivity contribution >= 4 is 11.6 Å². The second-order valence-corrected chi connectivity index (χ2v) is 3.97. The van der Waals surface area contributed by atoms with Crippen LogP contribution in [0.1, 0.15) is 32.0 Å². The van der Waals surface area contributed by atoms with E-state index in [-0.39, 0.29) is 12.6 Å². The molecule has 0 fully saturated rings. The Labute approximate surface area is 98.3 Å². The molecule has 92 valence electrons. The number of alkyl halides is 2. The van der Waals surface area contributed by atoms with Gasteiger partial charge >= 0.3 is 0 Å². The molecule has 1 aromatic heterocycles. The van der Waals surface area contributed by atoms with Gasteiger partial charge in [0.2, 0.25) is 0 Å². The van der Waals surface area contributed by atoms with Crippen LogP contribution in [0.4, 0.5) is 8.78 Å². The zero-order valence-electron chi connectivity index (χ0n) is 9.29. The molecule has 0 aliphatic heterocycles. The van der Waals surface area contributed by atoms with Crippen LogP contribution in [0.25, 0.3) is 0 Å². The van der Waals surface area contributed by atoms with E-state index in [9.17, 15) is 8.78 Å². The van der Waals surface area contributed by atoms with Gasteiger partial charge in [0.1, 0.15) is 12.3 Å².